The predicted octanol–water partition coefficient (Wildman–Crippen LogP) is 9.70. The molecule has 0 amide bonds. The van der Waals surface area contributed by atoms with E-state index in [0.717, 1.165) is 28.0 Å². The van der Waals surface area contributed by atoms with E-state index in [2.05, 4.69) is 34.9 Å². The molecule has 11 heteroatoms. The van der Waals surface area contributed by atoms with E-state index in [-0.39, 0.29) is 23.1 Å². The Morgan fingerprint density at radius 2 is 1.71 bits per heavy atom. The first-order chi connectivity index (χ1) is 21.5. The number of nitrogens with zero attached hydrogens (tertiary/aromatic N) is 3. The Bertz CT molecular complexity index is 2010. The molecule has 7 nitrogen and oxygen atoms in total. The summed E-state index contributed by atoms with van der Waals surface area (Å²) in [6.07, 6.45) is 1.53. The molecule has 0 saturated carbocycles. The highest BCUT2D eigenvalue weighted by molar-refractivity contribution is 9.10. The molecule has 5 aromatic rings. The van der Waals surface area contributed by atoms with Gasteiger partial charge in [-0.05, 0) is 87.9 Å². The van der Waals surface area contributed by atoms with E-state index >= 15 is 0 Å². The number of aromatic nitrogens is 2. The predicted molar refractivity (Wildman–Crippen MR) is 186 cm³/mol. The Hall–Kier alpha value is -3.56. The fraction of sp³-hybridized carbons (Fsp3) is 0.206. The molecule has 5 rings (SSSR count). The van der Waals surface area contributed by atoms with Gasteiger partial charge in [-0.1, -0.05) is 66.8 Å². The fourth-order valence-corrected chi connectivity index (χ4v) is 5.84. The Balaban J connectivity index is 1.61. The summed E-state index contributed by atoms with van der Waals surface area (Å²) in [7, 11) is 3.16. The molecule has 0 spiro atoms. The minimum atomic E-state index is -0.316. The van der Waals surface area contributed by atoms with Gasteiger partial charge in [-0.15, -0.1) is 0 Å². The number of halogens is 4. The van der Waals surface area contributed by atoms with Gasteiger partial charge in [0.2, 0.25) is 0 Å². The van der Waals surface area contributed by atoms with Gasteiger partial charge >= 0.3 is 0 Å². The molecule has 0 saturated heterocycles. The first kappa shape index (κ1) is 32.8. The van der Waals surface area contributed by atoms with Crippen molar-refractivity contribution in [2.24, 2.45) is 5.10 Å². The second-order valence-electron chi connectivity index (χ2n) is 10.5. The van der Waals surface area contributed by atoms with Crippen molar-refractivity contribution in [3.63, 3.8) is 0 Å². The lowest BCUT2D eigenvalue weighted by Gasteiger charge is -2.17. The zero-order valence-electron chi connectivity index (χ0n) is 25.1. The van der Waals surface area contributed by atoms with Crippen molar-refractivity contribution in [3.05, 3.63) is 113 Å². The summed E-state index contributed by atoms with van der Waals surface area (Å²) in [6, 6.07) is 18.1. The molecule has 0 aliphatic rings. The molecule has 1 aromatic heterocycles. The van der Waals surface area contributed by atoms with Crippen LogP contribution in [0.5, 0.6) is 17.2 Å². The normalized spacial score (nSPS) is 11.5. The second kappa shape index (κ2) is 13.8. The number of hydrogen-bond acceptors (Lipinski definition) is 6. The molecule has 45 heavy (non-hydrogen) atoms. The third-order valence-corrected chi connectivity index (χ3v) is 9.43. The highest BCUT2D eigenvalue weighted by Crippen LogP contribution is 2.43. The molecule has 0 atom stereocenters. The van der Waals surface area contributed by atoms with Crippen molar-refractivity contribution in [1.29, 1.82) is 0 Å². The molecule has 4 aromatic carbocycles. The van der Waals surface area contributed by atoms with Gasteiger partial charge in [-0.25, -0.2) is 4.98 Å². The van der Waals surface area contributed by atoms with Crippen molar-refractivity contribution < 1.29 is 14.2 Å². The van der Waals surface area contributed by atoms with Gasteiger partial charge in [0.15, 0.2) is 17.3 Å². The van der Waals surface area contributed by atoms with Gasteiger partial charge in [-0.3, -0.25) is 4.79 Å². The fourth-order valence-electron chi connectivity index (χ4n) is 4.86. The van der Waals surface area contributed by atoms with Crippen LogP contribution in [0, 0.1) is 6.92 Å². The first-order valence-corrected chi connectivity index (χ1v) is 15.8. The van der Waals surface area contributed by atoms with Crippen LogP contribution < -0.4 is 19.8 Å². The van der Waals surface area contributed by atoms with Crippen LogP contribution in [0.1, 0.15) is 42.0 Å². The number of fused-ring (bicyclic) bond motifs is 1. The first-order valence-electron chi connectivity index (χ1n) is 13.9. The van der Waals surface area contributed by atoms with E-state index in [4.69, 9.17) is 54.0 Å². The Labute approximate surface area is 284 Å². The zero-order chi connectivity index (χ0) is 32.4. The topological polar surface area (TPSA) is 74.9 Å². The molecule has 1 heterocycles. The van der Waals surface area contributed by atoms with Gasteiger partial charge in [0, 0.05) is 15.6 Å². The number of para-hydroxylation sites is 1. The lowest BCUT2D eigenvalue weighted by molar-refractivity contribution is 0.284. The average Bonchev–Trinajstić information content (AvgIpc) is 3.03. The molecule has 0 N–H and O–H groups in total. The summed E-state index contributed by atoms with van der Waals surface area (Å²) < 4.78 is 19.1. The van der Waals surface area contributed by atoms with Gasteiger partial charge in [0.1, 0.15) is 17.4 Å². The SMILES string of the molecule is COc1cc(C)c(-c2nc3ccccc3c(=O)n2N=Cc2cc(OC)c(OCc3ccc(Cl)c(Cl)c3)c(Cl)c2Br)cc1C(C)C. The van der Waals surface area contributed by atoms with Gasteiger partial charge in [0.05, 0.1) is 41.4 Å². The van der Waals surface area contributed by atoms with E-state index in [9.17, 15) is 4.79 Å². The summed E-state index contributed by atoms with van der Waals surface area (Å²) in [5.41, 5.74) is 4.25. The van der Waals surface area contributed by atoms with Crippen molar-refractivity contribution in [2.75, 3.05) is 14.2 Å². The van der Waals surface area contributed by atoms with E-state index < -0.39 is 0 Å². The Morgan fingerprint density at radius 3 is 2.40 bits per heavy atom. The van der Waals surface area contributed by atoms with Crippen molar-refractivity contribution in [3.8, 4) is 28.6 Å². The molecule has 0 aliphatic heterocycles. The molecule has 0 aliphatic carbocycles. The highest BCUT2D eigenvalue weighted by Gasteiger charge is 2.20. The number of ether oxygens (including phenoxy) is 3. The van der Waals surface area contributed by atoms with Crippen LogP contribution in [0.2, 0.25) is 15.1 Å². The average molecular weight is 730 g/mol. The third kappa shape index (κ3) is 6.70. The largest absolute Gasteiger partial charge is 0.496 e. The maximum absolute atomic E-state index is 13.9. The summed E-state index contributed by atoms with van der Waals surface area (Å²) in [5.74, 6) is 2.05. The van der Waals surface area contributed by atoms with Crippen LogP contribution >= 0.6 is 50.7 Å². The molecule has 0 bridgehead atoms. The lowest BCUT2D eigenvalue weighted by atomic mass is 9.96. The molecule has 232 valence electrons. The van der Waals surface area contributed by atoms with Crippen LogP contribution in [0.3, 0.4) is 0 Å². The van der Waals surface area contributed by atoms with Crippen LogP contribution in [0.25, 0.3) is 22.3 Å². The molecule has 0 radical (unpaired) electrons. The summed E-state index contributed by atoms with van der Waals surface area (Å²) in [4.78, 5) is 18.8. The van der Waals surface area contributed by atoms with Crippen LogP contribution in [-0.2, 0) is 6.61 Å². The van der Waals surface area contributed by atoms with Crippen molar-refractivity contribution in [1.82, 2.24) is 9.66 Å². The van der Waals surface area contributed by atoms with Crippen LogP contribution in [-0.4, -0.2) is 30.1 Å². The van der Waals surface area contributed by atoms with Crippen LogP contribution in [0.4, 0.5) is 0 Å². The lowest BCUT2D eigenvalue weighted by Crippen LogP contribution is -2.21. The number of hydrogen-bond donors (Lipinski definition) is 0. The number of aryl methyl sites for hydroxylation is 1. The third-order valence-electron chi connectivity index (χ3n) is 7.25. The van der Waals surface area contributed by atoms with Gasteiger partial charge < -0.3 is 14.2 Å². The molecule has 0 unspecified atom stereocenters. The van der Waals surface area contributed by atoms with Gasteiger partial charge in [-0.2, -0.15) is 9.78 Å². The number of methoxy groups -OCH3 is 2. The maximum atomic E-state index is 13.9. The number of rotatable bonds is 9. The van der Waals surface area contributed by atoms with Gasteiger partial charge in [0.25, 0.3) is 5.56 Å². The van der Waals surface area contributed by atoms with Crippen molar-refractivity contribution >= 4 is 67.9 Å². The zero-order valence-corrected chi connectivity index (χ0v) is 29.0. The van der Waals surface area contributed by atoms with E-state index in [0.29, 0.717) is 48.3 Å². The quantitative estimate of drug-likeness (QED) is 0.141. The van der Waals surface area contributed by atoms with E-state index in [1.165, 1.54) is 18.0 Å². The summed E-state index contributed by atoms with van der Waals surface area (Å²) in [5, 5.41) is 6.24. The van der Waals surface area contributed by atoms with Crippen LogP contribution in [0.15, 0.2) is 75.0 Å². The monoisotopic (exact) mass is 727 g/mol. The standard InChI is InChI=1S/C34H29BrCl3N3O4/c1-18(2)23-15-24(19(3)12-28(23)43-4)33-40-27-9-7-6-8-22(27)34(42)41(33)39-16-21-14-29(44-5)32(31(38)30(21)35)45-17-20-10-11-25(36)26(37)13-20/h6-16,18H,17H2,1-5H3. The minimum Gasteiger partial charge on any atom is -0.496 e. The molecule has 0 fully saturated rings. The Kier molecular flexibility index (Phi) is 10.1. The number of benzene rings is 4. The minimum absolute atomic E-state index is 0.173. The maximum Gasteiger partial charge on any atom is 0.282 e. The Morgan fingerprint density at radius 1 is 0.978 bits per heavy atom. The second-order valence-corrected chi connectivity index (χ2v) is 12.5. The van der Waals surface area contributed by atoms with Crippen molar-refractivity contribution in [2.45, 2.75) is 33.3 Å². The molecular formula is C34H29BrCl3N3O4. The summed E-state index contributed by atoms with van der Waals surface area (Å²) in [6.45, 7) is 6.30. The highest BCUT2D eigenvalue weighted by atomic mass is 79.9. The van der Waals surface area contributed by atoms with E-state index in [1.54, 1.807) is 37.4 Å². The van der Waals surface area contributed by atoms with E-state index in [1.807, 2.05) is 37.3 Å². The molecular weight excluding hydrogens is 701 g/mol. The smallest absolute Gasteiger partial charge is 0.282 e. The summed E-state index contributed by atoms with van der Waals surface area (Å²) >= 11 is 22.5.